The number of aryl methyl sites for hydroxylation is 1. The number of hydrogen-bond acceptors (Lipinski definition) is 4. The van der Waals surface area contributed by atoms with Gasteiger partial charge in [0.1, 0.15) is 11.7 Å². The van der Waals surface area contributed by atoms with Crippen LogP contribution in [0.25, 0.3) is 0 Å². The van der Waals surface area contributed by atoms with Crippen LogP contribution in [0, 0.1) is 6.92 Å². The summed E-state index contributed by atoms with van der Waals surface area (Å²) in [6.45, 7) is 8.97. The fraction of sp³-hybridized carbons (Fsp3) is 0.625. The smallest absolute Gasteiger partial charge is 0.410 e. The van der Waals surface area contributed by atoms with Crippen molar-refractivity contribution in [2.24, 2.45) is 0 Å². The van der Waals surface area contributed by atoms with Gasteiger partial charge in [0.2, 0.25) is 5.88 Å². The molecule has 0 aliphatic carbocycles. The Bertz CT molecular complexity index is 489. The van der Waals surface area contributed by atoms with Crippen LogP contribution in [-0.4, -0.2) is 40.8 Å². The van der Waals surface area contributed by atoms with Crippen LogP contribution < -0.4 is 4.74 Å². The standard InChI is InChI=1S/C16H24N2O3/c1-12-5-8-17-14(11-12)20-13-6-9-18(10-7-13)15(19)21-16(2,3)4/h5,8,11,13H,6-7,9-10H2,1-4H3. The van der Waals surface area contributed by atoms with E-state index in [2.05, 4.69) is 4.98 Å². The van der Waals surface area contributed by atoms with Gasteiger partial charge in [-0.3, -0.25) is 0 Å². The van der Waals surface area contributed by atoms with Gasteiger partial charge >= 0.3 is 6.09 Å². The van der Waals surface area contributed by atoms with Gasteiger partial charge in [0.15, 0.2) is 0 Å². The average Bonchev–Trinajstić information content (AvgIpc) is 2.37. The molecule has 1 aliphatic rings. The number of pyridine rings is 1. The predicted octanol–water partition coefficient (Wildman–Crippen LogP) is 3.17. The molecule has 0 aromatic carbocycles. The largest absolute Gasteiger partial charge is 0.474 e. The molecule has 0 saturated carbocycles. The van der Waals surface area contributed by atoms with Gasteiger partial charge in [-0.25, -0.2) is 9.78 Å². The Balaban J connectivity index is 1.82. The molecule has 0 atom stereocenters. The van der Waals surface area contributed by atoms with Crippen LogP contribution >= 0.6 is 0 Å². The van der Waals surface area contributed by atoms with Crippen molar-refractivity contribution < 1.29 is 14.3 Å². The number of piperidine rings is 1. The third-order valence-electron chi connectivity index (χ3n) is 3.27. The molecule has 0 radical (unpaired) electrons. The van der Waals surface area contributed by atoms with Gasteiger partial charge in [0, 0.05) is 38.2 Å². The minimum atomic E-state index is -0.448. The van der Waals surface area contributed by atoms with Crippen molar-refractivity contribution in [3.05, 3.63) is 23.9 Å². The van der Waals surface area contributed by atoms with Gasteiger partial charge in [-0.05, 0) is 39.3 Å². The average molecular weight is 292 g/mol. The maximum atomic E-state index is 12.0. The van der Waals surface area contributed by atoms with Crippen LogP contribution in [0.15, 0.2) is 18.3 Å². The second kappa shape index (κ2) is 6.33. The second-order valence-corrected chi connectivity index (χ2v) is 6.46. The summed E-state index contributed by atoms with van der Waals surface area (Å²) in [6, 6.07) is 3.87. The number of aromatic nitrogens is 1. The molecule has 2 rings (SSSR count). The molecule has 116 valence electrons. The predicted molar refractivity (Wildman–Crippen MR) is 80.4 cm³/mol. The van der Waals surface area contributed by atoms with Crippen molar-refractivity contribution in [2.45, 2.75) is 52.2 Å². The number of nitrogens with zero attached hydrogens (tertiary/aromatic N) is 2. The molecule has 21 heavy (non-hydrogen) atoms. The van der Waals surface area contributed by atoms with E-state index in [-0.39, 0.29) is 12.2 Å². The van der Waals surface area contributed by atoms with E-state index in [1.807, 2.05) is 39.8 Å². The highest BCUT2D eigenvalue weighted by molar-refractivity contribution is 5.68. The second-order valence-electron chi connectivity index (χ2n) is 6.46. The van der Waals surface area contributed by atoms with Crippen LogP contribution in [0.3, 0.4) is 0 Å². The highest BCUT2D eigenvalue weighted by Crippen LogP contribution is 2.19. The maximum absolute atomic E-state index is 12.0. The number of likely N-dealkylation sites (tertiary alicyclic amines) is 1. The summed E-state index contributed by atoms with van der Waals surface area (Å²) in [7, 11) is 0. The summed E-state index contributed by atoms with van der Waals surface area (Å²) in [5, 5.41) is 0. The van der Waals surface area contributed by atoms with Crippen molar-refractivity contribution in [1.82, 2.24) is 9.88 Å². The summed E-state index contributed by atoms with van der Waals surface area (Å²) >= 11 is 0. The first kappa shape index (κ1) is 15.6. The van der Waals surface area contributed by atoms with Crippen molar-refractivity contribution in [1.29, 1.82) is 0 Å². The van der Waals surface area contributed by atoms with E-state index in [4.69, 9.17) is 9.47 Å². The van der Waals surface area contributed by atoms with Gasteiger partial charge in [-0.15, -0.1) is 0 Å². The molecular weight excluding hydrogens is 268 g/mol. The zero-order chi connectivity index (χ0) is 15.5. The van der Waals surface area contributed by atoms with Crippen LogP contribution in [0.1, 0.15) is 39.2 Å². The van der Waals surface area contributed by atoms with Crippen molar-refractivity contribution in [2.75, 3.05) is 13.1 Å². The van der Waals surface area contributed by atoms with E-state index >= 15 is 0 Å². The Kier molecular flexibility index (Phi) is 4.70. The van der Waals surface area contributed by atoms with E-state index in [1.54, 1.807) is 11.1 Å². The van der Waals surface area contributed by atoms with Crippen LogP contribution in [-0.2, 0) is 4.74 Å². The summed E-state index contributed by atoms with van der Waals surface area (Å²) in [6.07, 6.45) is 3.22. The topological polar surface area (TPSA) is 51.7 Å². The number of carbonyl (C=O) groups is 1. The molecule has 1 aromatic rings. The lowest BCUT2D eigenvalue weighted by Gasteiger charge is -2.33. The number of rotatable bonds is 2. The Morgan fingerprint density at radius 3 is 2.57 bits per heavy atom. The van der Waals surface area contributed by atoms with E-state index in [9.17, 15) is 4.79 Å². The number of hydrogen-bond donors (Lipinski definition) is 0. The number of amides is 1. The zero-order valence-electron chi connectivity index (χ0n) is 13.3. The summed E-state index contributed by atoms with van der Waals surface area (Å²) in [4.78, 5) is 17.9. The third-order valence-corrected chi connectivity index (χ3v) is 3.27. The minimum absolute atomic E-state index is 0.109. The fourth-order valence-corrected chi connectivity index (χ4v) is 2.23. The molecule has 0 bridgehead atoms. The van der Waals surface area contributed by atoms with E-state index in [1.165, 1.54) is 0 Å². The fourth-order valence-electron chi connectivity index (χ4n) is 2.23. The van der Waals surface area contributed by atoms with E-state index in [0.717, 1.165) is 18.4 Å². The van der Waals surface area contributed by atoms with Crippen LogP contribution in [0.4, 0.5) is 4.79 Å². The molecule has 5 nitrogen and oxygen atoms in total. The Hall–Kier alpha value is -1.78. The van der Waals surface area contributed by atoms with Crippen molar-refractivity contribution >= 4 is 6.09 Å². The number of ether oxygens (including phenoxy) is 2. The van der Waals surface area contributed by atoms with Gasteiger partial charge in [-0.2, -0.15) is 0 Å². The molecule has 1 fully saturated rings. The lowest BCUT2D eigenvalue weighted by Crippen LogP contribution is -2.44. The first-order valence-electron chi connectivity index (χ1n) is 7.41. The SMILES string of the molecule is Cc1ccnc(OC2CCN(C(=O)OC(C)(C)C)CC2)c1. The van der Waals surface area contributed by atoms with Crippen molar-refractivity contribution in [3.63, 3.8) is 0 Å². The van der Waals surface area contributed by atoms with E-state index < -0.39 is 5.60 Å². The molecule has 0 unspecified atom stereocenters. The molecule has 2 heterocycles. The maximum Gasteiger partial charge on any atom is 0.410 e. The molecule has 0 N–H and O–H groups in total. The molecule has 1 saturated heterocycles. The van der Waals surface area contributed by atoms with Crippen LogP contribution in [0.5, 0.6) is 5.88 Å². The Morgan fingerprint density at radius 2 is 2.00 bits per heavy atom. The summed E-state index contributed by atoms with van der Waals surface area (Å²) in [5.41, 5.74) is 0.682. The number of carbonyl (C=O) groups excluding carboxylic acids is 1. The van der Waals surface area contributed by atoms with Crippen molar-refractivity contribution in [3.8, 4) is 5.88 Å². The Morgan fingerprint density at radius 1 is 1.33 bits per heavy atom. The van der Waals surface area contributed by atoms with Crippen LogP contribution in [0.2, 0.25) is 0 Å². The monoisotopic (exact) mass is 292 g/mol. The summed E-state index contributed by atoms with van der Waals surface area (Å²) < 4.78 is 11.3. The zero-order valence-corrected chi connectivity index (χ0v) is 13.3. The molecule has 1 amide bonds. The quantitative estimate of drug-likeness (QED) is 0.840. The first-order valence-corrected chi connectivity index (χ1v) is 7.41. The van der Waals surface area contributed by atoms with Gasteiger partial charge in [0.25, 0.3) is 0 Å². The lowest BCUT2D eigenvalue weighted by molar-refractivity contribution is 0.0123. The normalized spacial score (nSPS) is 16.7. The van der Waals surface area contributed by atoms with Gasteiger partial charge in [-0.1, -0.05) is 0 Å². The van der Waals surface area contributed by atoms with Gasteiger partial charge in [0.05, 0.1) is 0 Å². The molecule has 1 aliphatic heterocycles. The summed E-state index contributed by atoms with van der Waals surface area (Å²) in [5.74, 6) is 0.658. The van der Waals surface area contributed by atoms with E-state index in [0.29, 0.717) is 19.0 Å². The molecule has 0 spiro atoms. The third kappa shape index (κ3) is 4.92. The first-order chi connectivity index (χ1) is 9.83. The Labute approximate surface area is 126 Å². The highest BCUT2D eigenvalue weighted by atomic mass is 16.6. The highest BCUT2D eigenvalue weighted by Gasteiger charge is 2.27. The molecule has 1 aromatic heterocycles. The van der Waals surface area contributed by atoms with Gasteiger partial charge < -0.3 is 14.4 Å². The molecular formula is C16H24N2O3. The minimum Gasteiger partial charge on any atom is -0.474 e. The lowest BCUT2D eigenvalue weighted by atomic mass is 10.1. The molecule has 5 heteroatoms.